The molecule has 2 aromatic carbocycles. The van der Waals surface area contributed by atoms with Gasteiger partial charge in [-0.15, -0.1) is 0 Å². The van der Waals surface area contributed by atoms with E-state index in [9.17, 15) is 19.2 Å². The van der Waals surface area contributed by atoms with Crippen molar-refractivity contribution >= 4 is 41.4 Å². The lowest BCUT2D eigenvalue weighted by Gasteiger charge is -2.29. The number of hydrogen-bond acceptors (Lipinski definition) is 7. The molecule has 48 heavy (non-hydrogen) atoms. The van der Waals surface area contributed by atoms with Crippen molar-refractivity contribution in [2.45, 2.75) is 86.0 Å². The maximum atomic E-state index is 13.6. The number of rotatable bonds is 8. The Morgan fingerprint density at radius 3 is 2.44 bits per heavy atom. The number of esters is 2. The third-order valence-electron chi connectivity index (χ3n) is 8.25. The standard InChI is InChI=1S/C38H49ClN2O7/c1-23(2)18-33-36(44)47-31(26(5)14-16-28-19-24(3)12-13-25(28)4)10-9-11-34(42)41-30(21-27-15-17-32(46-8)29(39)20-27)35(43)40-22-38(6,7)37(45)48-33/h9,11-17,19-20,23,26,30-31,33H,10,18,21-22H2,1-8H3,(H,40,43)(H,41,42)/b11-9+,16-14+/t26-,30-,31+,33+/m1/s1. The van der Waals surface area contributed by atoms with Gasteiger partial charge in [-0.3, -0.25) is 14.4 Å². The Morgan fingerprint density at radius 1 is 1.04 bits per heavy atom. The van der Waals surface area contributed by atoms with E-state index >= 15 is 0 Å². The number of halogens is 1. The van der Waals surface area contributed by atoms with Gasteiger partial charge in [0.2, 0.25) is 11.8 Å². The van der Waals surface area contributed by atoms with Crippen LogP contribution in [0.1, 0.15) is 69.7 Å². The van der Waals surface area contributed by atoms with Crippen molar-refractivity contribution in [3.05, 3.63) is 81.9 Å². The molecular formula is C38H49ClN2O7. The van der Waals surface area contributed by atoms with Crippen LogP contribution in [0.15, 0.2) is 54.6 Å². The predicted molar refractivity (Wildman–Crippen MR) is 188 cm³/mol. The van der Waals surface area contributed by atoms with Crippen LogP contribution in [-0.2, 0) is 35.1 Å². The molecule has 2 N–H and O–H groups in total. The molecule has 2 amide bonds. The Kier molecular flexibility index (Phi) is 13.8. The van der Waals surface area contributed by atoms with Gasteiger partial charge in [0.1, 0.15) is 17.9 Å². The lowest BCUT2D eigenvalue weighted by atomic mass is 9.93. The van der Waals surface area contributed by atoms with Crippen LogP contribution in [0.2, 0.25) is 5.02 Å². The number of ether oxygens (including phenoxy) is 3. The lowest BCUT2D eigenvalue weighted by Crippen LogP contribution is -2.51. The van der Waals surface area contributed by atoms with E-state index in [1.165, 1.54) is 13.2 Å². The molecule has 0 aliphatic carbocycles. The second kappa shape index (κ2) is 17.3. The number of amides is 2. The van der Waals surface area contributed by atoms with Gasteiger partial charge in [0.15, 0.2) is 6.10 Å². The molecule has 3 rings (SSSR count). The summed E-state index contributed by atoms with van der Waals surface area (Å²) in [7, 11) is 1.51. The molecular weight excluding hydrogens is 632 g/mol. The first-order valence-electron chi connectivity index (χ1n) is 16.3. The molecule has 1 aliphatic heterocycles. The highest BCUT2D eigenvalue weighted by molar-refractivity contribution is 6.32. The summed E-state index contributed by atoms with van der Waals surface area (Å²) >= 11 is 6.32. The lowest BCUT2D eigenvalue weighted by molar-refractivity contribution is -0.178. The van der Waals surface area contributed by atoms with Crippen LogP contribution >= 0.6 is 11.6 Å². The summed E-state index contributed by atoms with van der Waals surface area (Å²) in [5.74, 6) is -2.04. The molecule has 1 aliphatic rings. The average molecular weight is 681 g/mol. The summed E-state index contributed by atoms with van der Waals surface area (Å²) < 4.78 is 17.0. The fourth-order valence-electron chi connectivity index (χ4n) is 5.14. The number of cyclic esters (lactones) is 2. The Hall–Kier alpha value is -4.11. The zero-order valence-corrected chi connectivity index (χ0v) is 30.0. The molecule has 0 aromatic heterocycles. The van der Waals surface area contributed by atoms with Gasteiger partial charge >= 0.3 is 11.9 Å². The first-order valence-corrected chi connectivity index (χ1v) is 16.7. The van der Waals surface area contributed by atoms with Crippen LogP contribution in [0.4, 0.5) is 0 Å². The van der Waals surface area contributed by atoms with E-state index in [-0.39, 0.29) is 37.6 Å². The van der Waals surface area contributed by atoms with Crippen molar-refractivity contribution in [3.63, 3.8) is 0 Å². The highest BCUT2D eigenvalue weighted by Gasteiger charge is 2.37. The van der Waals surface area contributed by atoms with Crippen molar-refractivity contribution < 1.29 is 33.4 Å². The minimum atomic E-state index is -1.19. The second-order valence-electron chi connectivity index (χ2n) is 13.6. The minimum absolute atomic E-state index is 0.0274. The number of carbonyl (C=O) groups is 4. The largest absolute Gasteiger partial charge is 0.495 e. The van der Waals surface area contributed by atoms with E-state index in [2.05, 4.69) is 22.8 Å². The molecule has 0 saturated heterocycles. The van der Waals surface area contributed by atoms with Gasteiger partial charge in [0.25, 0.3) is 0 Å². The fraction of sp³-hybridized carbons (Fsp3) is 0.474. The maximum Gasteiger partial charge on any atom is 0.347 e. The fourth-order valence-corrected chi connectivity index (χ4v) is 5.42. The third kappa shape index (κ3) is 11.3. The summed E-state index contributed by atoms with van der Waals surface area (Å²) in [5.41, 5.74) is 2.79. The van der Waals surface area contributed by atoms with Crippen LogP contribution in [0.25, 0.3) is 6.08 Å². The second-order valence-corrected chi connectivity index (χ2v) is 14.0. The smallest absolute Gasteiger partial charge is 0.347 e. The monoisotopic (exact) mass is 680 g/mol. The van der Waals surface area contributed by atoms with Gasteiger partial charge in [0, 0.05) is 25.3 Å². The van der Waals surface area contributed by atoms with Crippen LogP contribution in [-0.4, -0.2) is 55.7 Å². The Balaban J connectivity index is 1.96. The molecule has 0 fully saturated rings. The van der Waals surface area contributed by atoms with Crippen LogP contribution in [0.5, 0.6) is 5.75 Å². The number of methoxy groups -OCH3 is 1. The zero-order valence-electron chi connectivity index (χ0n) is 29.2. The molecule has 0 spiro atoms. The maximum absolute atomic E-state index is 13.6. The topological polar surface area (TPSA) is 120 Å². The van der Waals surface area contributed by atoms with Crippen LogP contribution < -0.4 is 15.4 Å². The van der Waals surface area contributed by atoms with Crippen molar-refractivity contribution in [3.8, 4) is 5.75 Å². The van der Waals surface area contributed by atoms with E-state index in [1.54, 1.807) is 38.1 Å². The van der Waals surface area contributed by atoms with Gasteiger partial charge < -0.3 is 24.8 Å². The molecule has 9 nitrogen and oxygen atoms in total. The number of hydrogen-bond donors (Lipinski definition) is 2. The molecule has 0 saturated carbocycles. The molecule has 1 heterocycles. The number of aryl methyl sites for hydroxylation is 2. The summed E-state index contributed by atoms with van der Waals surface area (Å²) in [5, 5.41) is 5.92. The highest BCUT2D eigenvalue weighted by Crippen LogP contribution is 2.26. The molecule has 0 radical (unpaired) electrons. The van der Waals surface area contributed by atoms with E-state index in [0.29, 0.717) is 16.3 Å². The Morgan fingerprint density at radius 2 is 1.77 bits per heavy atom. The van der Waals surface area contributed by atoms with Crippen molar-refractivity contribution in [1.82, 2.24) is 10.6 Å². The predicted octanol–water partition coefficient (Wildman–Crippen LogP) is 6.31. The minimum Gasteiger partial charge on any atom is -0.495 e. The van der Waals surface area contributed by atoms with E-state index in [4.69, 9.17) is 25.8 Å². The van der Waals surface area contributed by atoms with E-state index in [1.807, 2.05) is 52.8 Å². The number of nitrogens with one attached hydrogen (secondary N) is 2. The third-order valence-corrected chi connectivity index (χ3v) is 8.54. The van der Waals surface area contributed by atoms with E-state index < -0.39 is 47.4 Å². The van der Waals surface area contributed by atoms with Gasteiger partial charge in [-0.1, -0.05) is 80.4 Å². The summed E-state index contributed by atoms with van der Waals surface area (Å²) in [6, 6.07) is 10.3. The van der Waals surface area contributed by atoms with Crippen molar-refractivity contribution in [2.75, 3.05) is 13.7 Å². The zero-order chi connectivity index (χ0) is 35.6. The molecule has 4 atom stereocenters. The number of benzene rings is 2. The Labute approximate surface area is 289 Å². The molecule has 0 bridgehead atoms. The summed E-state index contributed by atoms with van der Waals surface area (Å²) in [4.78, 5) is 53.6. The van der Waals surface area contributed by atoms with Crippen molar-refractivity contribution in [2.24, 2.45) is 17.3 Å². The Bertz CT molecular complexity index is 1530. The summed E-state index contributed by atoms with van der Waals surface area (Å²) in [6.45, 7) is 13.0. The highest BCUT2D eigenvalue weighted by atomic mass is 35.5. The normalized spacial score (nSPS) is 22.4. The number of carbonyl (C=O) groups excluding carboxylic acids is 4. The summed E-state index contributed by atoms with van der Waals surface area (Å²) in [6.07, 6.45) is 5.72. The van der Waals surface area contributed by atoms with Gasteiger partial charge in [-0.05, 0) is 74.9 Å². The average Bonchev–Trinajstić information content (AvgIpc) is 3.02. The van der Waals surface area contributed by atoms with Gasteiger partial charge in [-0.25, -0.2) is 4.79 Å². The molecule has 2 aromatic rings. The van der Waals surface area contributed by atoms with Crippen molar-refractivity contribution in [1.29, 1.82) is 0 Å². The first kappa shape index (κ1) is 38.3. The molecule has 10 heteroatoms. The quantitative estimate of drug-likeness (QED) is 0.314. The molecule has 260 valence electrons. The van der Waals surface area contributed by atoms with Crippen LogP contribution in [0.3, 0.4) is 0 Å². The van der Waals surface area contributed by atoms with E-state index in [0.717, 1.165) is 16.7 Å². The van der Waals surface area contributed by atoms with Gasteiger partial charge in [0.05, 0.1) is 17.5 Å². The van der Waals surface area contributed by atoms with Gasteiger partial charge in [-0.2, -0.15) is 0 Å². The van der Waals surface area contributed by atoms with Crippen LogP contribution in [0, 0.1) is 31.1 Å². The molecule has 0 unspecified atom stereocenters. The SMILES string of the molecule is COc1ccc(C[C@H]2NC(=O)/C=C/C[C@@H]([C@H](C)/C=C/c3cc(C)ccc3C)OC(=O)[C@H](CC(C)C)OC(=O)C(C)(C)CNC2=O)cc1Cl. The first-order chi connectivity index (χ1) is 22.6.